The Bertz CT molecular complexity index is 1230. The molecule has 0 spiro atoms. The fourth-order valence-electron chi connectivity index (χ4n) is 3.32. The number of carboxylic acids is 1. The highest BCUT2D eigenvalue weighted by Gasteiger charge is 2.54. The summed E-state index contributed by atoms with van der Waals surface area (Å²) in [6, 6.07) is 2.54. The van der Waals surface area contributed by atoms with E-state index in [4.69, 9.17) is 17.3 Å². The zero-order chi connectivity index (χ0) is 23.7. The largest absolute Gasteiger partial charge is 0.477 e. The van der Waals surface area contributed by atoms with E-state index in [9.17, 15) is 24.7 Å². The SMILES string of the molecule is Nc1nc(/C(=N/O)C(=O)N[C@@H]2C(=O)N3C(C(=O)O)=C(/C=C\c4cccnc4)CS[C@@H]23)c(Cl)s1. The molecule has 2 aromatic rings. The number of thioether (sulfide) groups is 1. The quantitative estimate of drug-likeness (QED) is 0.195. The van der Waals surface area contributed by atoms with Gasteiger partial charge in [-0.1, -0.05) is 46.3 Å². The predicted octanol–water partition coefficient (Wildman–Crippen LogP) is 1.40. The molecule has 33 heavy (non-hydrogen) atoms. The van der Waals surface area contributed by atoms with Gasteiger partial charge in [-0.05, 0) is 17.2 Å². The summed E-state index contributed by atoms with van der Waals surface area (Å²) < 4.78 is 0.0465. The number of pyridine rings is 1. The maximum Gasteiger partial charge on any atom is 0.352 e. The third-order valence-electron chi connectivity index (χ3n) is 4.79. The maximum absolute atomic E-state index is 12.8. The number of aliphatic carboxylic acids is 1. The van der Waals surface area contributed by atoms with Crippen LogP contribution in [0, 0.1) is 0 Å². The first-order chi connectivity index (χ1) is 15.8. The fourth-order valence-corrected chi connectivity index (χ4v) is 5.56. The lowest BCUT2D eigenvalue weighted by Crippen LogP contribution is -2.71. The molecule has 4 heterocycles. The molecule has 5 N–H and O–H groups in total. The van der Waals surface area contributed by atoms with Gasteiger partial charge in [0, 0.05) is 18.1 Å². The number of nitrogens with zero attached hydrogens (tertiary/aromatic N) is 4. The first-order valence-electron chi connectivity index (χ1n) is 9.26. The zero-order valence-electron chi connectivity index (χ0n) is 16.5. The number of nitrogen functional groups attached to an aromatic ring is 1. The van der Waals surface area contributed by atoms with Gasteiger partial charge in [-0.25, -0.2) is 9.78 Å². The second-order valence-electron chi connectivity index (χ2n) is 6.78. The lowest BCUT2D eigenvalue weighted by atomic mass is 10.0. The van der Waals surface area contributed by atoms with E-state index in [-0.39, 0.29) is 20.9 Å². The Morgan fingerprint density at radius 3 is 2.79 bits per heavy atom. The van der Waals surface area contributed by atoms with E-state index in [2.05, 4.69) is 20.4 Å². The molecule has 170 valence electrons. The number of allylic oxidation sites excluding steroid dienone is 1. The van der Waals surface area contributed by atoms with Gasteiger partial charge >= 0.3 is 5.97 Å². The van der Waals surface area contributed by atoms with Crippen molar-refractivity contribution >= 4 is 69.4 Å². The van der Waals surface area contributed by atoms with Crippen molar-refractivity contribution in [1.82, 2.24) is 20.2 Å². The first-order valence-corrected chi connectivity index (χ1v) is 11.5. The number of oxime groups is 1. The van der Waals surface area contributed by atoms with Gasteiger partial charge in [0.05, 0.1) is 0 Å². The van der Waals surface area contributed by atoms with E-state index >= 15 is 0 Å². The second-order valence-corrected chi connectivity index (χ2v) is 9.52. The monoisotopic (exact) mass is 506 g/mol. The van der Waals surface area contributed by atoms with Crippen molar-refractivity contribution in [1.29, 1.82) is 0 Å². The third kappa shape index (κ3) is 4.29. The number of rotatable bonds is 6. The van der Waals surface area contributed by atoms with Gasteiger partial charge in [0.15, 0.2) is 10.8 Å². The minimum Gasteiger partial charge on any atom is -0.477 e. The summed E-state index contributed by atoms with van der Waals surface area (Å²) in [4.78, 5) is 46.4. The molecule has 2 atom stereocenters. The van der Waals surface area contributed by atoms with Gasteiger partial charge in [0.25, 0.3) is 11.8 Å². The number of fused-ring (bicyclic) bond motifs is 1. The normalized spacial score (nSPS) is 20.6. The molecule has 0 unspecified atom stereocenters. The highest BCUT2D eigenvalue weighted by atomic mass is 35.5. The molecular formula is C19H15ClN6O5S2. The average molecular weight is 507 g/mol. The van der Waals surface area contributed by atoms with Gasteiger partial charge in [-0.2, -0.15) is 0 Å². The van der Waals surface area contributed by atoms with Crippen molar-refractivity contribution < 1.29 is 24.7 Å². The minimum atomic E-state index is -1.26. The highest BCUT2D eigenvalue weighted by molar-refractivity contribution is 8.00. The summed E-state index contributed by atoms with van der Waals surface area (Å²) >= 11 is 8.16. The number of carbonyl (C=O) groups is 3. The molecule has 0 aromatic carbocycles. The number of nitrogens with two attached hydrogens (primary N) is 1. The van der Waals surface area contributed by atoms with E-state index in [0.717, 1.165) is 21.8 Å². The van der Waals surface area contributed by atoms with E-state index < -0.39 is 34.9 Å². The summed E-state index contributed by atoms with van der Waals surface area (Å²) in [5, 5.41) is 23.9. The molecule has 2 aliphatic heterocycles. The number of anilines is 1. The number of halogens is 1. The van der Waals surface area contributed by atoms with Crippen LogP contribution in [0.2, 0.25) is 4.34 Å². The Kier molecular flexibility index (Phi) is 6.35. The summed E-state index contributed by atoms with van der Waals surface area (Å²) in [6.45, 7) is 0. The summed E-state index contributed by atoms with van der Waals surface area (Å²) in [5.41, 5.74) is 6.01. The zero-order valence-corrected chi connectivity index (χ0v) is 18.9. The van der Waals surface area contributed by atoms with Crippen LogP contribution >= 0.6 is 34.7 Å². The number of amides is 2. The summed E-state index contributed by atoms with van der Waals surface area (Å²) in [6.07, 6.45) is 6.59. The van der Waals surface area contributed by atoms with Gasteiger partial charge in [-0.15, -0.1) is 11.8 Å². The van der Waals surface area contributed by atoms with Crippen LogP contribution < -0.4 is 11.1 Å². The molecule has 0 radical (unpaired) electrons. The molecule has 2 aliphatic rings. The summed E-state index contributed by atoms with van der Waals surface area (Å²) in [5.74, 6) is -2.46. The fraction of sp³-hybridized carbons (Fsp3) is 0.158. The Hall–Kier alpha value is -3.42. The van der Waals surface area contributed by atoms with Crippen LogP contribution in [0.4, 0.5) is 5.13 Å². The Morgan fingerprint density at radius 1 is 1.39 bits per heavy atom. The molecular weight excluding hydrogens is 492 g/mol. The van der Waals surface area contributed by atoms with E-state index in [1.165, 1.54) is 11.8 Å². The smallest absolute Gasteiger partial charge is 0.352 e. The molecule has 1 saturated heterocycles. The Balaban J connectivity index is 1.53. The lowest BCUT2D eigenvalue weighted by Gasteiger charge is -2.49. The Labute approximate surface area is 199 Å². The van der Waals surface area contributed by atoms with Gasteiger partial charge < -0.3 is 21.4 Å². The predicted molar refractivity (Wildman–Crippen MR) is 123 cm³/mol. The van der Waals surface area contributed by atoms with Crippen molar-refractivity contribution in [3.63, 3.8) is 0 Å². The Morgan fingerprint density at radius 2 is 2.18 bits per heavy atom. The van der Waals surface area contributed by atoms with Crippen molar-refractivity contribution in [2.24, 2.45) is 5.16 Å². The number of aromatic nitrogens is 2. The van der Waals surface area contributed by atoms with Crippen LogP contribution in [0.5, 0.6) is 0 Å². The van der Waals surface area contributed by atoms with Crippen LogP contribution in [-0.2, 0) is 14.4 Å². The summed E-state index contributed by atoms with van der Waals surface area (Å²) in [7, 11) is 0. The van der Waals surface area contributed by atoms with Crippen molar-refractivity contribution in [3.8, 4) is 0 Å². The van der Waals surface area contributed by atoms with Crippen LogP contribution in [0.1, 0.15) is 11.3 Å². The number of β-lactam (4-membered cyclic amide) rings is 1. The number of carbonyl (C=O) groups excluding carboxylic acids is 2. The van der Waals surface area contributed by atoms with Crippen LogP contribution in [-0.4, -0.2) is 65.8 Å². The molecule has 4 rings (SSSR count). The number of nitrogens with one attached hydrogen (secondary N) is 1. The molecule has 11 nitrogen and oxygen atoms in total. The molecule has 0 bridgehead atoms. The van der Waals surface area contributed by atoms with Gasteiger partial charge in [0.2, 0.25) is 0 Å². The number of thiazole rings is 1. The topological polar surface area (TPSA) is 171 Å². The number of hydrogen-bond donors (Lipinski definition) is 4. The first kappa shape index (κ1) is 22.8. The van der Waals surface area contributed by atoms with Crippen molar-refractivity contribution in [2.45, 2.75) is 11.4 Å². The van der Waals surface area contributed by atoms with Crippen LogP contribution in [0.15, 0.2) is 47.0 Å². The molecule has 2 aromatic heterocycles. The molecule has 2 amide bonds. The molecule has 1 fully saturated rings. The van der Waals surface area contributed by atoms with Crippen molar-refractivity contribution in [2.75, 3.05) is 11.5 Å². The minimum absolute atomic E-state index is 0.0465. The molecule has 0 aliphatic carbocycles. The molecule has 14 heteroatoms. The van der Waals surface area contributed by atoms with Gasteiger partial charge in [0.1, 0.15) is 27.1 Å². The highest BCUT2D eigenvalue weighted by Crippen LogP contribution is 2.41. The van der Waals surface area contributed by atoms with Crippen molar-refractivity contribution in [3.05, 3.63) is 57.5 Å². The van der Waals surface area contributed by atoms with Crippen LogP contribution in [0.3, 0.4) is 0 Å². The molecule has 0 saturated carbocycles. The van der Waals surface area contributed by atoms with E-state index in [1.54, 1.807) is 30.6 Å². The van der Waals surface area contributed by atoms with E-state index in [0.29, 0.717) is 11.3 Å². The second kappa shape index (κ2) is 9.21. The standard InChI is InChI=1S/C19H15ClN6O5S2/c20-14-10(24-19(21)33-14)11(25-31)15(27)23-12-16(28)26-13(18(29)30)9(7-32-17(12)26)4-3-8-2-1-5-22-6-8/h1-6,12,17,31H,7H2,(H2,21,24)(H,23,27)(H,29,30)/b4-3-,25-11-/t12-,17+/m1/s1. The number of carboxylic acid groups (broad SMARTS) is 1. The number of hydrogen-bond acceptors (Lipinski definition) is 10. The van der Waals surface area contributed by atoms with Gasteiger partial charge in [-0.3, -0.25) is 19.5 Å². The third-order valence-corrected chi connectivity index (χ3v) is 7.18. The van der Waals surface area contributed by atoms with Crippen LogP contribution in [0.25, 0.3) is 6.08 Å². The average Bonchev–Trinajstić information content (AvgIpc) is 3.13. The van der Waals surface area contributed by atoms with E-state index in [1.807, 2.05) is 6.07 Å². The lowest BCUT2D eigenvalue weighted by molar-refractivity contribution is -0.150. The maximum atomic E-state index is 12.8.